The smallest absolute Gasteiger partial charge is 0.0695 e. The fraction of sp³-hybridized carbons (Fsp3) is 1.00. The predicted molar refractivity (Wildman–Crippen MR) is 36.4 cm³/mol. The number of rotatable bonds is 1. The molecule has 3 nitrogen and oxygen atoms in total. The lowest BCUT2D eigenvalue weighted by atomic mass is 9.94. The largest absolute Gasteiger partial charge is 0.396 e. The summed E-state index contributed by atoms with van der Waals surface area (Å²) in [7, 11) is 0. The van der Waals surface area contributed by atoms with Crippen molar-refractivity contribution in [2.45, 2.75) is 31.5 Å². The lowest BCUT2D eigenvalue weighted by molar-refractivity contribution is -0.00493. The molecule has 0 aromatic carbocycles. The Morgan fingerprint density at radius 1 is 1.60 bits per heavy atom. The highest BCUT2D eigenvalue weighted by atomic mass is 16.3. The Bertz CT molecular complexity index is 122. The second-order valence-corrected chi connectivity index (χ2v) is 3.33. The van der Waals surface area contributed by atoms with Gasteiger partial charge in [-0.15, -0.1) is 0 Å². The number of aliphatic hydroxyl groups excluding tert-OH is 2. The highest BCUT2D eigenvalue weighted by molar-refractivity contribution is 4.92. The van der Waals surface area contributed by atoms with Gasteiger partial charge in [-0.3, -0.25) is 0 Å². The zero-order chi connectivity index (χ0) is 7.78. The Labute approximate surface area is 60.3 Å². The van der Waals surface area contributed by atoms with E-state index in [1.165, 1.54) is 0 Å². The summed E-state index contributed by atoms with van der Waals surface area (Å²) in [5.41, 5.74) is -0.867. The summed E-state index contributed by atoms with van der Waals surface area (Å²) in [6.45, 7) is 1.62. The van der Waals surface area contributed by atoms with E-state index in [2.05, 4.69) is 0 Å². The van der Waals surface area contributed by atoms with Crippen molar-refractivity contribution < 1.29 is 15.3 Å². The van der Waals surface area contributed by atoms with Gasteiger partial charge in [-0.1, -0.05) is 0 Å². The Morgan fingerprint density at radius 2 is 2.20 bits per heavy atom. The monoisotopic (exact) mass is 146 g/mol. The van der Waals surface area contributed by atoms with Gasteiger partial charge in [0.15, 0.2) is 0 Å². The molecule has 0 radical (unpaired) electrons. The fourth-order valence-electron chi connectivity index (χ4n) is 1.58. The van der Waals surface area contributed by atoms with Crippen LogP contribution >= 0.6 is 0 Å². The summed E-state index contributed by atoms with van der Waals surface area (Å²) in [6.07, 6.45) is 0.467. The minimum absolute atomic E-state index is 0.0376. The molecule has 0 spiro atoms. The van der Waals surface area contributed by atoms with Gasteiger partial charge in [0.1, 0.15) is 0 Å². The van der Waals surface area contributed by atoms with E-state index < -0.39 is 11.7 Å². The minimum Gasteiger partial charge on any atom is -0.396 e. The molecule has 0 amide bonds. The average Bonchev–Trinajstić information content (AvgIpc) is 2.04. The van der Waals surface area contributed by atoms with E-state index in [4.69, 9.17) is 10.2 Å². The lowest BCUT2D eigenvalue weighted by Gasteiger charge is -2.22. The first-order chi connectivity index (χ1) is 4.56. The molecular weight excluding hydrogens is 132 g/mol. The van der Waals surface area contributed by atoms with Crippen LogP contribution in [0.3, 0.4) is 0 Å². The summed E-state index contributed by atoms with van der Waals surface area (Å²) in [5, 5.41) is 27.3. The molecule has 1 saturated carbocycles. The van der Waals surface area contributed by atoms with Gasteiger partial charge in [-0.05, 0) is 13.3 Å². The Morgan fingerprint density at radius 3 is 2.40 bits per heavy atom. The van der Waals surface area contributed by atoms with E-state index in [-0.39, 0.29) is 12.5 Å². The summed E-state index contributed by atoms with van der Waals surface area (Å²) >= 11 is 0. The Balaban J connectivity index is 2.58. The van der Waals surface area contributed by atoms with Gasteiger partial charge in [0, 0.05) is 18.9 Å². The third kappa shape index (κ3) is 1.31. The van der Waals surface area contributed by atoms with Gasteiger partial charge in [0.25, 0.3) is 0 Å². The molecule has 1 rings (SSSR count). The van der Waals surface area contributed by atoms with Crippen LogP contribution in [0.2, 0.25) is 0 Å². The van der Waals surface area contributed by atoms with Crippen molar-refractivity contribution in [2.75, 3.05) is 6.61 Å². The first kappa shape index (κ1) is 7.98. The fourth-order valence-corrected chi connectivity index (χ4v) is 1.58. The molecule has 0 aromatic heterocycles. The van der Waals surface area contributed by atoms with Crippen molar-refractivity contribution in [3.63, 3.8) is 0 Å². The van der Waals surface area contributed by atoms with Crippen molar-refractivity contribution in [1.29, 1.82) is 0 Å². The van der Waals surface area contributed by atoms with E-state index in [1.54, 1.807) is 6.92 Å². The second kappa shape index (κ2) is 2.49. The van der Waals surface area contributed by atoms with Crippen molar-refractivity contribution in [3.05, 3.63) is 0 Å². The van der Waals surface area contributed by atoms with Crippen LogP contribution in [-0.4, -0.2) is 33.6 Å². The molecule has 0 aliphatic heterocycles. The molecule has 0 saturated heterocycles. The molecule has 0 aromatic rings. The topological polar surface area (TPSA) is 60.7 Å². The zero-order valence-corrected chi connectivity index (χ0v) is 6.12. The third-order valence-corrected chi connectivity index (χ3v) is 2.31. The molecular formula is C7H14O3. The predicted octanol–water partition coefficient (Wildman–Crippen LogP) is -0.499. The van der Waals surface area contributed by atoms with Crippen molar-refractivity contribution in [1.82, 2.24) is 0 Å². The van der Waals surface area contributed by atoms with E-state index in [0.29, 0.717) is 12.8 Å². The zero-order valence-electron chi connectivity index (χ0n) is 6.12. The third-order valence-electron chi connectivity index (χ3n) is 2.31. The highest BCUT2D eigenvalue weighted by Gasteiger charge is 2.41. The second-order valence-electron chi connectivity index (χ2n) is 3.33. The van der Waals surface area contributed by atoms with E-state index in [1.807, 2.05) is 0 Å². The quantitative estimate of drug-likeness (QED) is 0.467. The minimum atomic E-state index is -0.867. The van der Waals surface area contributed by atoms with Crippen LogP contribution in [0, 0.1) is 5.92 Å². The standard InChI is InChI=1S/C7H14O3/c1-7(10)3-6(9)2-5(7)4-8/h5-6,8-10H,2-4H2,1H3. The van der Waals surface area contributed by atoms with Crippen LogP contribution in [0.15, 0.2) is 0 Å². The maximum atomic E-state index is 9.50. The molecule has 3 N–H and O–H groups in total. The molecule has 0 bridgehead atoms. The van der Waals surface area contributed by atoms with E-state index in [9.17, 15) is 5.11 Å². The summed E-state index contributed by atoms with van der Waals surface area (Å²) in [4.78, 5) is 0. The Kier molecular flexibility index (Phi) is 1.99. The lowest BCUT2D eigenvalue weighted by Crippen LogP contribution is -2.31. The molecule has 1 aliphatic rings. The normalized spacial score (nSPS) is 48.0. The first-order valence-electron chi connectivity index (χ1n) is 3.57. The number of aliphatic hydroxyl groups is 3. The average molecular weight is 146 g/mol. The van der Waals surface area contributed by atoms with Crippen molar-refractivity contribution in [3.8, 4) is 0 Å². The van der Waals surface area contributed by atoms with Crippen molar-refractivity contribution in [2.24, 2.45) is 5.92 Å². The summed E-state index contributed by atoms with van der Waals surface area (Å²) in [6, 6.07) is 0. The molecule has 3 unspecified atom stereocenters. The van der Waals surface area contributed by atoms with Crippen LogP contribution in [0.1, 0.15) is 19.8 Å². The first-order valence-corrected chi connectivity index (χ1v) is 3.57. The van der Waals surface area contributed by atoms with Gasteiger partial charge < -0.3 is 15.3 Å². The van der Waals surface area contributed by atoms with Crippen LogP contribution in [0.25, 0.3) is 0 Å². The van der Waals surface area contributed by atoms with Gasteiger partial charge in [0.05, 0.1) is 11.7 Å². The number of hydrogen-bond acceptors (Lipinski definition) is 3. The van der Waals surface area contributed by atoms with Crippen LogP contribution < -0.4 is 0 Å². The van der Waals surface area contributed by atoms with Crippen LogP contribution in [-0.2, 0) is 0 Å². The molecule has 1 aliphatic carbocycles. The highest BCUT2D eigenvalue weighted by Crippen LogP contribution is 2.34. The molecule has 3 heteroatoms. The molecule has 10 heavy (non-hydrogen) atoms. The molecule has 1 fully saturated rings. The number of hydrogen-bond donors (Lipinski definition) is 3. The van der Waals surface area contributed by atoms with Gasteiger partial charge >= 0.3 is 0 Å². The van der Waals surface area contributed by atoms with E-state index >= 15 is 0 Å². The van der Waals surface area contributed by atoms with E-state index in [0.717, 1.165) is 0 Å². The maximum absolute atomic E-state index is 9.50. The molecule has 3 atom stereocenters. The van der Waals surface area contributed by atoms with Crippen molar-refractivity contribution >= 4 is 0 Å². The molecule has 60 valence electrons. The van der Waals surface area contributed by atoms with Gasteiger partial charge in [-0.25, -0.2) is 0 Å². The van der Waals surface area contributed by atoms with Crippen LogP contribution in [0.4, 0.5) is 0 Å². The van der Waals surface area contributed by atoms with Gasteiger partial charge in [-0.2, -0.15) is 0 Å². The maximum Gasteiger partial charge on any atom is 0.0695 e. The summed E-state index contributed by atoms with van der Waals surface area (Å²) < 4.78 is 0. The SMILES string of the molecule is CC1(O)CC(O)CC1CO. The van der Waals surface area contributed by atoms with Gasteiger partial charge in [0.2, 0.25) is 0 Å². The summed E-state index contributed by atoms with van der Waals surface area (Å²) in [5.74, 6) is -0.150. The molecule has 0 heterocycles. The Hall–Kier alpha value is -0.120. The van der Waals surface area contributed by atoms with Crippen LogP contribution in [0.5, 0.6) is 0 Å².